The Morgan fingerprint density at radius 2 is 2.11 bits per heavy atom. The second-order valence-corrected chi connectivity index (χ2v) is 8.11. The summed E-state index contributed by atoms with van der Waals surface area (Å²) in [6.45, 7) is 6.10. The Kier molecular flexibility index (Phi) is 8.69. The van der Waals surface area contributed by atoms with Gasteiger partial charge < -0.3 is 14.7 Å². The minimum absolute atomic E-state index is 0. The molecule has 2 aromatic heterocycles. The predicted octanol–water partition coefficient (Wildman–Crippen LogP) is 0.602. The first-order valence-corrected chi connectivity index (χ1v) is 10.6. The average molecular weight is 523 g/mol. The molecule has 156 valence electrons. The van der Waals surface area contributed by atoms with Crippen molar-refractivity contribution in [2.24, 2.45) is 4.99 Å². The number of nitrogens with one attached hydrogen (secondary N) is 1. The summed E-state index contributed by atoms with van der Waals surface area (Å²) in [5.74, 6) is 0.667. The highest BCUT2D eigenvalue weighted by molar-refractivity contribution is 14.0. The summed E-state index contributed by atoms with van der Waals surface area (Å²) < 4.78 is 33.1. The number of sulfonamides is 1. The van der Waals surface area contributed by atoms with Crippen LogP contribution in [0.3, 0.4) is 0 Å². The van der Waals surface area contributed by atoms with Crippen LogP contribution in [0.25, 0.3) is 0 Å². The van der Waals surface area contributed by atoms with Crippen LogP contribution in [-0.2, 0) is 22.3 Å². The third-order valence-electron chi connectivity index (χ3n) is 4.24. The van der Waals surface area contributed by atoms with Gasteiger partial charge in [0, 0.05) is 51.2 Å². The van der Waals surface area contributed by atoms with E-state index in [9.17, 15) is 8.42 Å². The zero-order valence-corrected chi connectivity index (χ0v) is 18.9. The fraction of sp³-hybridized carbons (Fsp3) is 0.562. The summed E-state index contributed by atoms with van der Waals surface area (Å²) in [6, 6.07) is 3.46. The molecule has 0 aromatic carbocycles. The van der Waals surface area contributed by atoms with Gasteiger partial charge in [-0.3, -0.25) is 9.67 Å². The van der Waals surface area contributed by atoms with Crippen LogP contribution in [0.15, 0.2) is 40.3 Å². The lowest BCUT2D eigenvalue weighted by Gasteiger charge is -2.35. The maximum Gasteiger partial charge on any atom is 0.220 e. The molecule has 0 amide bonds. The van der Waals surface area contributed by atoms with Crippen molar-refractivity contribution in [1.82, 2.24) is 29.5 Å². The first kappa shape index (κ1) is 22.6. The molecule has 0 saturated carbocycles. The van der Waals surface area contributed by atoms with E-state index < -0.39 is 10.0 Å². The third-order valence-corrected chi connectivity index (χ3v) is 6.05. The number of aromatic nitrogens is 3. The van der Waals surface area contributed by atoms with Gasteiger partial charge in [-0.15, -0.1) is 24.0 Å². The summed E-state index contributed by atoms with van der Waals surface area (Å²) in [4.78, 5) is 6.73. The fourth-order valence-corrected chi connectivity index (χ4v) is 4.31. The predicted molar refractivity (Wildman–Crippen MR) is 116 cm³/mol. The van der Waals surface area contributed by atoms with E-state index in [1.807, 2.05) is 23.9 Å². The number of piperazine rings is 1. The van der Waals surface area contributed by atoms with Crippen LogP contribution in [0.1, 0.15) is 12.6 Å². The van der Waals surface area contributed by atoms with Gasteiger partial charge in [0.05, 0.1) is 18.8 Å². The Morgan fingerprint density at radius 3 is 2.71 bits per heavy atom. The molecule has 0 radical (unpaired) electrons. The van der Waals surface area contributed by atoms with E-state index >= 15 is 0 Å². The molecule has 3 heterocycles. The minimum atomic E-state index is -3.40. The van der Waals surface area contributed by atoms with Crippen LogP contribution in [0.4, 0.5) is 0 Å². The van der Waals surface area contributed by atoms with Crippen molar-refractivity contribution in [3.05, 3.63) is 36.5 Å². The molecule has 0 atom stereocenters. The molecule has 1 saturated heterocycles. The maximum absolute atomic E-state index is 12.5. The molecule has 10 nitrogen and oxygen atoms in total. The zero-order valence-electron chi connectivity index (χ0n) is 15.8. The van der Waals surface area contributed by atoms with Gasteiger partial charge >= 0.3 is 0 Å². The van der Waals surface area contributed by atoms with Crippen molar-refractivity contribution in [2.45, 2.75) is 19.2 Å². The molecule has 3 rings (SSSR count). The normalized spacial score (nSPS) is 16.0. The number of halogens is 1. The van der Waals surface area contributed by atoms with E-state index in [-0.39, 0.29) is 29.7 Å². The molecule has 1 fully saturated rings. The van der Waals surface area contributed by atoms with Crippen molar-refractivity contribution in [2.75, 3.05) is 39.3 Å². The van der Waals surface area contributed by atoms with Crippen molar-refractivity contribution in [3.63, 3.8) is 0 Å². The topological polar surface area (TPSA) is 109 Å². The molecule has 0 bridgehead atoms. The smallest absolute Gasteiger partial charge is 0.220 e. The highest BCUT2D eigenvalue weighted by Crippen LogP contribution is 2.12. The van der Waals surface area contributed by atoms with Crippen molar-refractivity contribution in [3.8, 4) is 0 Å². The van der Waals surface area contributed by atoms with Crippen molar-refractivity contribution >= 4 is 40.0 Å². The summed E-state index contributed by atoms with van der Waals surface area (Å²) in [5.41, 5.74) is 0.422. The standard InChI is InChI=1S/C16H25N7O3S.HI/c1-2-17-16(18-6-8-22-7-3-5-19-22)21-9-11-23(12-10-21)27(24,25)14-15-4-13-26-20-15;/h3-5,7,13H,2,6,8-12,14H2,1H3,(H,17,18);1H. The Balaban J connectivity index is 0.00000280. The second-order valence-electron chi connectivity index (χ2n) is 6.14. The molecule has 1 N–H and O–H groups in total. The summed E-state index contributed by atoms with van der Waals surface area (Å²) in [5, 5.41) is 11.1. The average Bonchev–Trinajstić information content (AvgIpc) is 3.35. The van der Waals surface area contributed by atoms with Crippen LogP contribution < -0.4 is 5.32 Å². The monoisotopic (exact) mass is 523 g/mol. The first-order valence-electron chi connectivity index (χ1n) is 8.96. The molecule has 2 aromatic rings. The van der Waals surface area contributed by atoms with Gasteiger partial charge in [0.25, 0.3) is 0 Å². The molecule has 28 heavy (non-hydrogen) atoms. The summed E-state index contributed by atoms with van der Waals surface area (Å²) >= 11 is 0. The number of rotatable bonds is 7. The van der Waals surface area contributed by atoms with E-state index in [0.29, 0.717) is 45.0 Å². The number of aliphatic imine (C=N–C) groups is 1. The van der Waals surface area contributed by atoms with Gasteiger partial charge in [0.1, 0.15) is 12.0 Å². The van der Waals surface area contributed by atoms with E-state index in [4.69, 9.17) is 4.52 Å². The molecule has 1 aliphatic heterocycles. The van der Waals surface area contributed by atoms with Gasteiger partial charge in [-0.05, 0) is 13.0 Å². The minimum Gasteiger partial charge on any atom is -0.364 e. The molecule has 0 spiro atoms. The van der Waals surface area contributed by atoms with E-state index in [1.165, 1.54) is 10.6 Å². The molecule has 0 unspecified atom stereocenters. The largest absolute Gasteiger partial charge is 0.364 e. The van der Waals surface area contributed by atoms with Crippen LogP contribution in [0.2, 0.25) is 0 Å². The second kappa shape index (κ2) is 10.8. The van der Waals surface area contributed by atoms with E-state index in [2.05, 4.69) is 25.5 Å². The van der Waals surface area contributed by atoms with Crippen LogP contribution in [0.5, 0.6) is 0 Å². The van der Waals surface area contributed by atoms with Crippen molar-refractivity contribution < 1.29 is 12.9 Å². The number of guanidine groups is 1. The molecule has 0 aliphatic carbocycles. The summed E-state index contributed by atoms with van der Waals surface area (Å²) in [7, 11) is -3.40. The molecule has 1 aliphatic rings. The summed E-state index contributed by atoms with van der Waals surface area (Å²) in [6.07, 6.45) is 5.03. The number of hydrogen-bond donors (Lipinski definition) is 1. The van der Waals surface area contributed by atoms with Crippen LogP contribution in [0, 0.1) is 0 Å². The van der Waals surface area contributed by atoms with Gasteiger partial charge in [0.2, 0.25) is 10.0 Å². The Hall–Kier alpha value is -1.67. The van der Waals surface area contributed by atoms with Gasteiger partial charge in [-0.1, -0.05) is 5.16 Å². The van der Waals surface area contributed by atoms with E-state index in [1.54, 1.807) is 12.3 Å². The van der Waals surface area contributed by atoms with Gasteiger partial charge in [-0.2, -0.15) is 9.40 Å². The Bertz CT molecular complexity index is 817. The van der Waals surface area contributed by atoms with Crippen LogP contribution in [-0.4, -0.2) is 77.8 Å². The van der Waals surface area contributed by atoms with Crippen molar-refractivity contribution in [1.29, 1.82) is 0 Å². The fourth-order valence-electron chi connectivity index (χ4n) is 2.89. The highest BCUT2D eigenvalue weighted by Gasteiger charge is 2.28. The Morgan fingerprint density at radius 1 is 1.32 bits per heavy atom. The lowest BCUT2D eigenvalue weighted by Crippen LogP contribution is -2.54. The molecular formula is C16H26IN7O3S. The molecule has 12 heteroatoms. The zero-order chi connectivity index (χ0) is 19.1. The van der Waals surface area contributed by atoms with E-state index in [0.717, 1.165) is 12.5 Å². The first-order chi connectivity index (χ1) is 13.1. The van der Waals surface area contributed by atoms with Gasteiger partial charge in [0.15, 0.2) is 5.96 Å². The van der Waals surface area contributed by atoms with Crippen LogP contribution >= 0.6 is 24.0 Å². The Labute approximate surface area is 182 Å². The van der Waals surface area contributed by atoms with Gasteiger partial charge in [-0.25, -0.2) is 8.42 Å². The quantitative estimate of drug-likeness (QED) is 0.322. The lowest BCUT2D eigenvalue weighted by atomic mass is 10.4. The maximum atomic E-state index is 12.5. The number of nitrogens with zero attached hydrogens (tertiary/aromatic N) is 6. The lowest BCUT2D eigenvalue weighted by molar-refractivity contribution is 0.259. The molecular weight excluding hydrogens is 497 g/mol. The highest BCUT2D eigenvalue weighted by atomic mass is 127. The SMILES string of the molecule is CCNC(=NCCn1cccn1)N1CCN(S(=O)(=O)Cc2ccon2)CC1.I. The number of hydrogen-bond acceptors (Lipinski definition) is 6. The third kappa shape index (κ3) is 6.17.